The van der Waals surface area contributed by atoms with E-state index in [4.69, 9.17) is 4.74 Å². The van der Waals surface area contributed by atoms with Gasteiger partial charge in [0.15, 0.2) is 0 Å². The van der Waals surface area contributed by atoms with E-state index in [1.165, 1.54) is 17.0 Å². The lowest BCUT2D eigenvalue weighted by Gasteiger charge is -2.27. The van der Waals surface area contributed by atoms with Crippen molar-refractivity contribution in [2.24, 2.45) is 0 Å². The summed E-state index contributed by atoms with van der Waals surface area (Å²) in [5.41, 5.74) is 0.614. The Morgan fingerprint density at radius 2 is 2.00 bits per heavy atom. The predicted molar refractivity (Wildman–Crippen MR) is 100 cm³/mol. The van der Waals surface area contributed by atoms with Crippen molar-refractivity contribution in [3.63, 3.8) is 0 Å². The van der Waals surface area contributed by atoms with Crippen LogP contribution in [0.2, 0.25) is 0 Å². The van der Waals surface area contributed by atoms with E-state index in [9.17, 15) is 19.7 Å². The molecule has 0 unspecified atom stereocenters. The van der Waals surface area contributed by atoms with E-state index in [0.717, 1.165) is 6.54 Å². The number of rotatable bonds is 4. The highest BCUT2D eigenvalue weighted by molar-refractivity contribution is 7.81. The van der Waals surface area contributed by atoms with Crippen molar-refractivity contribution in [1.82, 2.24) is 14.7 Å². The molecule has 2 aliphatic heterocycles. The van der Waals surface area contributed by atoms with E-state index in [2.05, 4.69) is 12.6 Å². The number of hydrogen-bond acceptors (Lipinski definition) is 7. The molecule has 0 aromatic heterocycles. The fourth-order valence-electron chi connectivity index (χ4n) is 3.31. The number of non-ortho nitro benzene ring substituents is 1. The molecule has 146 valence electrons. The smallest absolute Gasteiger partial charge is 0.410 e. The van der Waals surface area contributed by atoms with Crippen molar-refractivity contribution in [2.45, 2.75) is 24.3 Å². The van der Waals surface area contributed by atoms with Crippen molar-refractivity contribution in [3.8, 4) is 0 Å². The molecule has 0 N–H and O–H groups in total. The number of likely N-dealkylation sites (tertiary alicyclic amines) is 1. The summed E-state index contributed by atoms with van der Waals surface area (Å²) in [5, 5.41) is 10.6. The number of benzene rings is 1. The number of nitro groups is 1. The molecule has 0 radical (unpaired) electrons. The van der Waals surface area contributed by atoms with Crippen molar-refractivity contribution in [3.05, 3.63) is 39.9 Å². The monoisotopic (exact) mass is 394 g/mol. The van der Waals surface area contributed by atoms with Crippen LogP contribution >= 0.6 is 12.6 Å². The zero-order valence-corrected chi connectivity index (χ0v) is 15.9. The van der Waals surface area contributed by atoms with Gasteiger partial charge in [-0.15, -0.1) is 0 Å². The Kier molecular flexibility index (Phi) is 5.85. The minimum atomic E-state index is -0.573. The first kappa shape index (κ1) is 19.4. The molecule has 2 amide bonds. The first-order valence-corrected chi connectivity index (χ1v) is 9.19. The number of amides is 2. The number of likely N-dealkylation sites (N-methyl/N-ethyl adjacent to an activating group) is 1. The Balaban J connectivity index is 1.60. The summed E-state index contributed by atoms with van der Waals surface area (Å²) in [6.45, 7) is 2.35. The van der Waals surface area contributed by atoms with Gasteiger partial charge in [-0.25, -0.2) is 4.79 Å². The second-order valence-corrected chi connectivity index (χ2v) is 7.59. The normalized spacial score (nSPS) is 22.9. The topological polar surface area (TPSA) is 96.2 Å². The van der Waals surface area contributed by atoms with Crippen LogP contribution in [0.4, 0.5) is 10.5 Å². The molecule has 0 saturated carbocycles. The summed E-state index contributed by atoms with van der Waals surface area (Å²) in [6, 6.07) is 5.24. The van der Waals surface area contributed by atoms with Gasteiger partial charge >= 0.3 is 6.09 Å². The fraction of sp³-hybridized carbons (Fsp3) is 0.529. The third-order valence-electron chi connectivity index (χ3n) is 4.78. The average Bonchev–Trinajstić information content (AvgIpc) is 3.25. The first-order chi connectivity index (χ1) is 12.8. The standard InChI is InChI=1S/C17H22N4O5S/c1-18-6-7-19(11-18)16(22)15-8-14(27)9-20(15)17(23)26-10-12-2-4-13(5-3-12)21(24)25/h2-5,14-15,27H,6-11H2,1H3/t14-,15-/m0/s1. The second kappa shape index (κ2) is 8.13. The van der Waals surface area contributed by atoms with Gasteiger partial charge < -0.3 is 9.64 Å². The second-order valence-electron chi connectivity index (χ2n) is 6.86. The zero-order valence-electron chi connectivity index (χ0n) is 15.0. The molecular weight excluding hydrogens is 372 g/mol. The van der Waals surface area contributed by atoms with E-state index < -0.39 is 17.1 Å². The van der Waals surface area contributed by atoms with Gasteiger partial charge in [-0.05, 0) is 31.2 Å². The van der Waals surface area contributed by atoms with Gasteiger partial charge in [0, 0.05) is 37.0 Å². The Morgan fingerprint density at radius 3 is 2.59 bits per heavy atom. The number of nitro benzene ring substituents is 1. The highest BCUT2D eigenvalue weighted by Gasteiger charge is 2.42. The maximum absolute atomic E-state index is 12.8. The number of hydrogen-bond donors (Lipinski definition) is 1. The van der Waals surface area contributed by atoms with Crippen LogP contribution in [0.1, 0.15) is 12.0 Å². The first-order valence-electron chi connectivity index (χ1n) is 8.67. The van der Waals surface area contributed by atoms with Crippen molar-refractivity contribution < 1.29 is 19.2 Å². The quantitative estimate of drug-likeness (QED) is 0.470. The van der Waals surface area contributed by atoms with E-state index in [1.54, 1.807) is 17.0 Å². The van der Waals surface area contributed by atoms with Crippen LogP contribution in [0.3, 0.4) is 0 Å². The van der Waals surface area contributed by atoms with Gasteiger partial charge in [-0.1, -0.05) is 0 Å². The largest absolute Gasteiger partial charge is 0.445 e. The molecule has 2 atom stereocenters. The lowest BCUT2D eigenvalue weighted by Crippen LogP contribution is -2.47. The van der Waals surface area contributed by atoms with Crippen LogP contribution in [0, 0.1) is 10.1 Å². The van der Waals surface area contributed by atoms with Crippen LogP contribution in [0.15, 0.2) is 24.3 Å². The minimum absolute atomic E-state index is 0.0159. The third kappa shape index (κ3) is 4.51. The van der Waals surface area contributed by atoms with Crippen molar-refractivity contribution >= 4 is 30.3 Å². The average molecular weight is 394 g/mol. The third-order valence-corrected chi connectivity index (χ3v) is 5.16. The Morgan fingerprint density at radius 1 is 1.30 bits per heavy atom. The van der Waals surface area contributed by atoms with Gasteiger partial charge in [0.05, 0.1) is 11.6 Å². The zero-order chi connectivity index (χ0) is 19.6. The van der Waals surface area contributed by atoms with Crippen LogP contribution in [-0.4, -0.2) is 76.3 Å². The number of ether oxygens (including phenoxy) is 1. The molecule has 0 bridgehead atoms. The summed E-state index contributed by atoms with van der Waals surface area (Å²) < 4.78 is 5.33. The Labute approximate surface area is 162 Å². The van der Waals surface area contributed by atoms with E-state index >= 15 is 0 Å². The van der Waals surface area contributed by atoms with Crippen LogP contribution < -0.4 is 0 Å². The van der Waals surface area contributed by atoms with Gasteiger partial charge in [0.1, 0.15) is 12.6 Å². The molecule has 2 saturated heterocycles. The molecule has 1 aromatic carbocycles. The molecule has 1 aromatic rings. The highest BCUT2D eigenvalue weighted by Crippen LogP contribution is 2.25. The van der Waals surface area contributed by atoms with Crippen LogP contribution in [-0.2, 0) is 16.1 Å². The number of carbonyl (C=O) groups is 2. The molecular formula is C17H22N4O5S. The summed E-state index contributed by atoms with van der Waals surface area (Å²) in [7, 11) is 1.94. The maximum Gasteiger partial charge on any atom is 0.410 e. The van der Waals surface area contributed by atoms with E-state index in [-0.39, 0.29) is 23.5 Å². The van der Waals surface area contributed by atoms with Gasteiger partial charge in [0.25, 0.3) is 5.69 Å². The van der Waals surface area contributed by atoms with Crippen LogP contribution in [0.5, 0.6) is 0 Å². The molecule has 2 heterocycles. The molecule has 2 fully saturated rings. The number of carbonyl (C=O) groups excluding carboxylic acids is 2. The molecule has 9 nitrogen and oxygen atoms in total. The highest BCUT2D eigenvalue weighted by atomic mass is 32.1. The van der Waals surface area contributed by atoms with Crippen molar-refractivity contribution in [2.75, 3.05) is 33.4 Å². The molecule has 10 heteroatoms. The summed E-state index contributed by atoms with van der Waals surface area (Å²) in [6.07, 6.45) is -0.0785. The van der Waals surface area contributed by atoms with Gasteiger partial charge in [-0.3, -0.25) is 24.7 Å². The Bertz CT molecular complexity index is 729. The molecule has 0 aliphatic carbocycles. The maximum atomic E-state index is 12.8. The predicted octanol–water partition coefficient (Wildman–Crippen LogP) is 1.34. The molecule has 27 heavy (non-hydrogen) atoms. The summed E-state index contributed by atoms with van der Waals surface area (Å²) >= 11 is 4.43. The molecule has 0 spiro atoms. The molecule has 2 aliphatic rings. The van der Waals surface area contributed by atoms with E-state index in [1.807, 2.05) is 11.9 Å². The molecule has 3 rings (SSSR count). The fourth-order valence-corrected chi connectivity index (χ4v) is 3.68. The summed E-state index contributed by atoms with van der Waals surface area (Å²) in [5.74, 6) is -0.0804. The van der Waals surface area contributed by atoms with Crippen molar-refractivity contribution in [1.29, 1.82) is 0 Å². The lowest BCUT2D eigenvalue weighted by atomic mass is 10.2. The van der Waals surface area contributed by atoms with Gasteiger partial charge in [-0.2, -0.15) is 12.6 Å². The van der Waals surface area contributed by atoms with Gasteiger partial charge in [0.2, 0.25) is 5.91 Å². The lowest BCUT2D eigenvalue weighted by molar-refractivity contribution is -0.384. The van der Waals surface area contributed by atoms with Crippen LogP contribution in [0.25, 0.3) is 0 Å². The Hall–Kier alpha value is -2.33. The SMILES string of the molecule is CN1CCN(C(=O)[C@@H]2C[C@H](S)CN2C(=O)OCc2ccc([N+](=O)[O-])cc2)C1. The number of nitrogens with zero attached hydrogens (tertiary/aromatic N) is 4. The number of thiol groups is 1. The minimum Gasteiger partial charge on any atom is -0.445 e. The summed E-state index contributed by atoms with van der Waals surface area (Å²) in [4.78, 5) is 40.7. The van der Waals surface area contributed by atoms with E-state index in [0.29, 0.717) is 31.7 Å².